The highest BCUT2D eigenvalue weighted by Crippen LogP contribution is 2.01. The number of hydrogen-bond donors (Lipinski definition) is 2. The Labute approximate surface area is 110 Å². The van der Waals surface area contributed by atoms with Gasteiger partial charge in [-0.15, -0.1) is 0 Å². The minimum absolute atomic E-state index is 0.0757. The van der Waals surface area contributed by atoms with Gasteiger partial charge in [0, 0.05) is 25.7 Å². The summed E-state index contributed by atoms with van der Waals surface area (Å²) in [5.41, 5.74) is 6.81. The van der Waals surface area contributed by atoms with Crippen molar-refractivity contribution in [2.45, 2.75) is 12.8 Å². The maximum absolute atomic E-state index is 11.7. The van der Waals surface area contributed by atoms with Crippen molar-refractivity contribution in [1.82, 2.24) is 25.1 Å². The Morgan fingerprint density at radius 3 is 2.89 bits per heavy atom. The van der Waals surface area contributed by atoms with Crippen LogP contribution >= 0.6 is 0 Å². The number of pyridine rings is 1. The number of carbonyl (C=O) groups is 1. The van der Waals surface area contributed by atoms with E-state index < -0.39 is 0 Å². The highest BCUT2D eigenvalue weighted by atomic mass is 16.1. The number of nitrogens with zero attached hydrogens (tertiary/aromatic N) is 4. The Kier molecular flexibility index (Phi) is 4.07. The lowest BCUT2D eigenvalue weighted by atomic mass is 10.2. The van der Waals surface area contributed by atoms with Crippen LogP contribution < -0.4 is 11.1 Å². The van der Waals surface area contributed by atoms with Gasteiger partial charge in [0.15, 0.2) is 5.82 Å². The van der Waals surface area contributed by atoms with E-state index in [1.807, 2.05) is 7.05 Å². The summed E-state index contributed by atoms with van der Waals surface area (Å²) in [7, 11) is 1.81. The molecule has 2 heterocycles. The molecule has 2 rings (SSSR count). The number of rotatable bonds is 5. The predicted octanol–water partition coefficient (Wildman–Crippen LogP) is -0.306. The Bertz CT molecular complexity index is 548. The monoisotopic (exact) mass is 260 g/mol. The second-order valence-electron chi connectivity index (χ2n) is 4.19. The van der Waals surface area contributed by atoms with Gasteiger partial charge in [-0.1, -0.05) is 0 Å². The molecule has 0 fully saturated rings. The van der Waals surface area contributed by atoms with Gasteiger partial charge in [-0.25, -0.2) is 4.98 Å². The quantitative estimate of drug-likeness (QED) is 0.768. The molecule has 0 aliphatic heterocycles. The number of carbonyl (C=O) groups excluding carboxylic acids is 1. The zero-order chi connectivity index (χ0) is 13.7. The van der Waals surface area contributed by atoms with Crippen molar-refractivity contribution in [2.75, 3.05) is 12.3 Å². The summed E-state index contributed by atoms with van der Waals surface area (Å²) in [5.74, 6) is 0.640. The van der Waals surface area contributed by atoms with Crippen LogP contribution in [-0.4, -0.2) is 32.2 Å². The lowest BCUT2D eigenvalue weighted by molar-refractivity contribution is -0.120. The van der Waals surface area contributed by atoms with Gasteiger partial charge in [0.25, 0.3) is 0 Å². The van der Waals surface area contributed by atoms with Gasteiger partial charge in [0.1, 0.15) is 6.33 Å². The van der Waals surface area contributed by atoms with Crippen LogP contribution in [0.25, 0.3) is 0 Å². The summed E-state index contributed by atoms with van der Waals surface area (Å²) >= 11 is 0. The number of aromatic nitrogens is 4. The average Bonchev–Trinajstić information content (AvgIpc) is 2.78. The first kappa shape index (κ1) is 13.0. The molecule has 1 amide bonds. The summed E-state index contributed by atoms with van der Waals surface area (Å²) in [6, 6.07) is 3.47. The fourth-order valence-electron chi connectivity index (χ4n) is 1.58. The number of hydrogen-bond acceptors (Lipinski definition) is 5. The number of nitrogens with two attached hydrogens (primary N) is 1. The van der Waals surface area contributed by atoms with Crippen LogP contribution in [0, 0.1) is 0 Å². The third kappa shape index (κ3) is 4.06. The van der Waals surface area contributed by atoms with Crippen LogP contribution in [0.5, 0.6) is 0 Å². The fraction of sp³-hybridized carbons (Fsp3) is 0.333. The molecule has 19 heavy (non-hydrogen) atoms. The number of amides is 1. The largest absolute Gasteiger partial charge is 0.397 e. The van der Waals surface area contributed by atoms with Crippen LogP contribution in [0.3, 0.4) is 0 Å². The standard InChI is InChI=1S/C12H16N6O/c1-18-8-16-11(17-18)4-5-14-12(19)6-10-3-2-9(13)7-15-10/h2-3,7-8H,4-6,13H2,1H3,(H,14,19). The van der Waals surface area contributed by atoms with Crippen LogP contribution in [0.2, 0.25) is 0 Å². The molecule has 0 saturated heterocycles. The van der Waals surface area contributed by atoms with E-state index in [9.17, 15) is 4.79 Å². The molecule has 2 aromatic rings. The number of aryl methyl sites for hydroxylation is 1. The second kappa shape index (κ2) is 5.94. The Balaban J connectivity index is 1.74. The predicted molar refractivity (Wildman–Crippen MR) is 70.1 cm³/mol. The van der Waals surface area contributed by atoms with Gasteiger partial charge in [0.05, 0.1) is 18.3 Å². The van der Waals surface area contributed by atoms with E-state index in [1.54, 1.807) is 29.3 Å². The molecule has 7 nitrogen and oxygen atoms in total. The summed E-state index contributed by atoms with van der Waals surface area (Å²) in [4.78, 5) is 19.8. The molecule has 100 valence electrons. The molecule has 7 heteroatoms. The van der Waals surface area contributed by atoms with Gasteiger partial charge in [-0.2, -0.15) is 5.10 Å². The SMILES string of the molecule is Cn1cnc(CCNC(=O)Cc2ccc(N)cn2)n1. The van der Waals surface area contributed by atoms with Crippen molar-refractivity contribution in [2.24, 2.45) is 7.05 Å². The minimum atomic E-state index is -0.0757. The zero-order valence-corrected chi connectivity index (χ0v) is 10.7. The maximum Gasteiger partial charge on any atom is 0.226 e. The lowest BCUT2D eigenvalue weighted by Crippen LogP contribution is -2.27. The van der Waals surface area contributed by atoms with Crippen LogP contribution in [0.1, 0.15) is 11.5 Å². The number of nitrogens with one attached hydrogen (secondary N) is 1. The molecule has 3 N–H and O–H groups in total. The lowest BCUT2D eigenvalue weighted by Gasteiger charge is -2.03. The van der Waals surface area contributed by atoms with Crippen LogP contribution in [0.4, 0.5) is 5.69 Å². The molecule has 0 saturated carbocycles. The molecule has 0 atom stereocenters. The first-order chi connectivity index (χ1) is 9.13. The van der Waals surface area contributed by atoms with Gasteiger partial charge < -0.3 is 11.1 Å². The first-order valence-electron chi connectivity index (χ1n) is 5.95. The number of anilines is 1. The van der Waals surface area contributed by atoms with Crippen LogP contribution in [-0.2, 0) is 24.7 Å². The summed E-state index contributed by atoms with van der Waals surface area (Å²) in [5, 5.41) is 6.93. The van der Waals surface area contributed by atoms with Crippen molar-refractivity contribution in [3.8, 4) is 0 Å². The van der Waals surface area contributed by atoms with Gasteiger partial charge in [-0.3, -0.25) is 14.5 Å². The Morgan fingerprint density at radius 2 is 2.26 bits per heavy atom. The van der Waals surface area contributed by atoms with Crippen molar-refractivity contribution in [3.63, 3.8) is 0 Å². The fourth-order valence-corrected chi connectivity index (χ4v) is 1.58. The average molecular weight is 260 g/mol. The molecule has 0 spiro atoms. The molecule has 0 aliphatic rings. The van der Waals surface area contributed by atoms with E-state index in [2.05, 4.69) is 20.4 Å². The summed E-state index contributed by atoms with van der Waals surface area (Å²) < 4.78 is 1.63. The molecular weight excluding hydrogens is 244 g/mol. The smallest absolute Gasteiger partial charge is 0.226 e. The molecular formula is C12H16N6O. The first-order valence-corrected chi connectivity index (χ1v) is 5.95. The Hall–Kier alpha value is -2.44. The highest BCUT2D eigenvalue weighted by molar-refractivity contribution is 5.78. The van der Waals surface area contributed by atoms with Crippen molar-refractivity contribution >= 4 is 11.6 Å². The highest BCUT2D eigenvalue weighted by Gasteiger charge is 2.05. The maximum atomic E-state index is 11.7. The molecule has 0 unspecified atom stereocenters. The molecule has 0 bridgehead atoms. The molecule has 2 aromatic heterocycles. The topological polar surface area (TPSA) is 98.7 Å². The third-order valence-electron chi connectivity index (χ3n) is 2.51. The van der Waals surface area contributed by atoms with E-state index in [4.69, 9.17) is 5.73 Å². The van der Waals surface area contributed by atoms with Gasteiger partial charge in [-0.05, 0) is 12.1 Å². The molecule has 0 radical (unpaired) electrons. The van der Waals surface area contributed by atoms with E-state index in [0.717, 1.165) is 0 Å². The zero-order valence-electron chi connectivity index (χ0n) is 10.7. The third-order valence-corrected chi connectivity index (χ3v) is 2.51. The summed E-state index contributed by atoms with van der Waals surface area (Å²) in [6.07, 6.45) is 4.04. The molecule has 0 aliphatic carbocycles. The second-order valence-corrected chi connectivity index (χ2v) is 4.19. The van der Waals surface area contributed by atoms with Crippen molar-refractivity contribution in [1.29, 1.82) is 0 Å². The summed E-state index contributed by atoms with van der Waals surface area (Å²) in [6.45, 7) is 0.512. The van der Waals surface area contributed by atoms with E-state index >= 15 is 0 Å². The van der Waals surface area contributed by atoms with Gasteiger partial charge in [0.2, 0.25) is 5.91 Å². The van der Waals surface area contributed by atoms with E-state index in [0.29, 0.717) is 30.2 Å². The van der Waals surface area contributed by atoms with E-state index in [1.165, 1.54) is 0 Å². The Morgan fingerprint density at radius 1 is 1.42 bits per heavy atom. The number of nitrogen functional groups attached to an aromatic ring is 1. The van der Waals surface area contributed by atoms with Crippen LogP contribution in [0.15, 0.2) is 24.7 Å². The van der Waals surface area contributed by atoms with Crippen molar-refractivity contribution in [3.05, 3.63) is 36.2 Å². The van der Waals surface area contributed by atoms with E-state index in [-0.39, 0.29) is 12.3 Å². The normalized spacial score (nSPS) is 10.4. The van der Waals surface area contributed by atoms with Gasteiger partial charge >= 0.3 is 0 Å². The molecule has 0 aromatic carbocycles. The van der Waals surface area contributed by atoms with Crippen molar-refractivity contribution < 1.29 is 4.79 Å². The minimum Gasteiger partial charge on any atom is -0.397 e.